The van der Waals surface area contributed by atoms with Crippen LogP contribution >= 0.6 is 0 Å². The van der Waals surface area contributed by atoms with Gasteiger partial charge in [0.05, 0.1) is 0 Å². The second-order valence-corrected chi connectivity index (χ2v) is 9.65. The molecule has 1 aliphatic rings. The van der Waals surface area contributed by atoms with Crippen molar-refractivity contribution in [3.05, 3.63) is 82.4 Å². The van der Waals surface area contributed by atoms with Crippen LogP contribution in [0, 0.1) is 19.3 Å². The molecule has 1 N–H and O–H groups in total. The van der Waals surface area contributed by atoms with E-state index in [0.717, 1.165) is 36.6 Å². The van der Waals surface area contributed by atoms with Crippen LogP contribution in [0.15, 0.2) is 49.1 Å². The predicted molar refractivity (Wildman–Crippen MR) is 141 cm³/mol. The Bertz CT molecular complexity index is 1030. The lowest BCUT2D eigenvalue weighted by molar-refractivity contribution is 0.416. The summed E-state index contributed by atoms with van der Waals surface area (Å²) in [6.07, 6.45) is 13.9. The largest absolute Gasteiger partial charge is 0.385 e. The van der Waals surface area contributed by atoms with Gasteiger partial charge in [0.15, 0.2) is 0 Å². The minimum Gasteiger partial charge on any atom is -0.385 e. The Labute approximate surface area is 196 Å². The lowest BCUT2D eigenvalue weighted by Crippen LogP contribution is -2.27. The van der Waals surface area contributed by atoms with Gasteiger partial charge in [-0.3, -0.25) is 0 Å². The van der Waals surface area contributed by atoms with Crippen molar-refractivity contribution in [2.75, 3.05) is 6.54 Å². The molecule has 1 fully saturated rings. The van der Waals surface area contributed by atoms with E-state index in [0.29, 0.717) is 0 Å². The summed E-state index contributed by atoms with van der Waals surface area (Å²) in [5.74, 6) is 3.43. The number of rotatable bonds is 9. The van der Waals surface area contributed by atoms with Gasteiger partial charge in [-0.1, -0.05) is 57.0 Å². The first-order valence-electron chi connectivity index (χ1n) is 12.1. The van der Waals surface area contributed by atoms with Gasteiger partial charge in [-0.25, -0.2) is 0 Å². The molecule has 2 aromatic carbocycles. The van der Waals surface area contributed by atoms with Gasteiger partial charge in [0, 0.05) is 23.4 Å². The second kappa shape index (κ2) is 10.3. The fourth-order valence-corrected chi connectivity index (χ4v) is 4.69. The zero-order valence-corrected chi connectivity index (χ0v) is 20.6. The molecule has 1 heteroatoms. The molecule has 32 heavy (non-hydrogen) atoms. The van der Waals surface area contributed by atoms with Gasteiger partial charge in [-0.15, -0.1) is 6.42 Å². The van der Waals surface area contributed by atoms with Gasteiger partial charge >= 0.3 is 0 Å². The molecule has 1 saturated carbocycles. The molecule has 0 aromatic heterocycles. The maximum atomic E-state index is 5.52. The predicted octanol–water partition coefficient (Wildman–Crippen LogP) is 7.99. The van der Waals surface area contributed by atoms with E-state index in [1.165, 1.54) is 52.7 Å². The standard InChI is InChI=1S/C31H39N/c1-8-22(4)29-21-28(23(5)20-30(29)26-12-11-13-26)24(6)32-19-18-31(7,10-3)27-16-14-25(9-2)15-17-27/h2,8,14-17,20-21,26,32H,6,10-13,18-19H2,1,3-5,7H3/b22-8+. The number of allylic oxidation sites excluding steroid dienone is 2. The van der Waals surface area contributed by atoms with Crippen molar-refractivity contribution in [1.82, 2.24) is 5.32 Å². The van der Waals surface area contributed by atoms with Crippen LogP contribution in [0.2, 0.25) is 0 Å². The van der Waals surface area contributed by atoms with E-state index < -0.39 is 0 Å². The summed E-state index contributed by atoms with van der Waals surface area (Å²) in [5.41, 5.74) is 10.2. The summed E-state index contributed by atoms with van der Waals surface area (Å²) >= 11 is 0. The molecule has 0 saturated heterocycles. The molecular formula is C31H39N. The minimum absolute atomic E-state index is 0.107. The van der Waals surface area contributed by atoms with E-state index >= 15 is 0 Å². The van der Waals surface area contributed by atoms with Crippen LogP contribution in [-0.2, 0) is 5.41 Å². The van der Waals surface area contributed by atoms with Crippen LogP contribution in [0.5, 0.6) is 0 Å². The van der Waals surface area contributed by atoms with Crippen LogP contribution in [0.1, 0.15) is 99.1 Å². The van der Waals surface area contributed by atoms with Crippen LogP contribution in [0.3, 0.4) is 0 Å². The first kappa shape index (κ1) is 23.9. The Morgan fingerprint density at radius 1 is 1.22 bits per heavy atom. The molecule has 1 atom stereocenters. The van der Waals surface area contributed by atoms with Crippen molar-refractivity contribution >= 4 is 11.3 Å². The highest BCUT2D eigenvalue weighted by Gasteiger charge is 2.25. The highest BCUT2D eigenvalue weighted by atomic mass is 14.9. The summed E-state index contributed by atoms with van der Waals surface area (Å²) < 4.78 is 0. The molecule has 1 nitrogen and oxygen atoms in total. The van der Waals surface area contributed by atoms with Gasteiger partial charge in [0.1, 0.15) is 0 Å². The van der Waals surface area contributed by atoms with E-state index in [4.69, 9.17) is 6.42 Å². The number of nitrogens with one attached hydrogen (secondary N) is 1. The highest BCUT2D eigenvalue weighted by Crippen LogP contribution is 2.41. The second-order valence-electron chi connectivity index (χ2n) is 9.65. The zero-order valence-electron chi connectivity index (χ0n) is 20.6. The molecule has 1 unspecified atom stereocenters. The molecular weight excluding hydrogens is 386 g/mol. The molecule has 0 aliphatic heterocycles. The first-order valence-corrected chi connectivity index (χ1v) is 12.1. The van der Waals surface area contributed by atoms with E-state index in [1.54, 1.807) is 0 Å². The van der Waals surface area contributed by atoms with Gasteiger partial charge in [0.2, 0.25) is 0 Å². The molecule has 0 amide bonds. The van der Waals surface area contributed by atoms with Crippen molar-refractivity contribution in [3.8, 4) is 12.3 Å². The lowest BCUT2D eigenvalue weighted by Gasteiger charge is -2.31. The average molecular weight is 426 g/mol. The molecule has 0 spiro atoms. The Balaban J connectivity index is 1.74. The lowest BCUT2D eigenvalue weighted by atomic mass is 9.76. The Morgan fingerprint density at radius 3 is 2.44 bits per heavy atom. The average Bonchev–Trinajstić information content (AvgIpc) is 2.77. The van der Waals surface area contributed by atoms with Crippen LogP contribution in [0.4, 0.5) is 0 Å². The highest BCUT2D eigenvalue weighted by molar-refractivity contribution is 5.74. The van der Waals surface area contributed by atoms with E-state index in [1.807, 2.05) is 12.1 Å². The normalized spacial score (nSPS) is 16.1. The van der Waals surface area contributed by atoms with Crippen molar-refractivity contribution in [3.63, 3.8) is 0 Å². The van der Waals surface area contributed by atoms with Crippen LogP contribution < -0.4 is 5.32 Å². The summed E-state index contributed by atoms with van der Waals surface area (Å²) in [5, 5.41) is 3.64. The Hall–Kier alpha value is -2.72. The van der Waals surface area contributed by atoms with Crippen molar-refractivity contribution < 1.29 is 0 Å². The fraction of sp³-hybridized carbons (Fsp3) is 0.419. The Kier molecular flexibility index (Phi) is 7.68. The van der Waals surface area contributed by atoms with E-state index in [9.17, 15) is 0 Å². The monoisotopic (exact) mass is 425 g/mol. The molecule has 168 valence electrons. The summed E-state index contributed by atoms with van der Waals surface area (Å²) in [7, 11) is 0. The maximum Gasteiger partial charge on any atom is 0.0343 e. The maximum absolute atomic E-state index is 5.52. The Morgan fingerprint density at radius 2 is 1.91 bits per heavy atom. The third-order valence-corrected chi connectivity index (χ3v) is 7.67. The van der Waals surface area contributed by atoms with Crippen LogP contribution in [0.25, 0.3) is 11.3 Å². The van der Waals surface area contributed by atoms with Gasteiger partial charge in [-0.2, -0.15) is 0 Å². The topological polar surface area (TPSA) is 12.0 Å². The van der Waals surface area contributed by atoms with Gasteiger partial charge < -0.3 is 5.32 Å². The van der Waals surface area contributed by atoms with E-state index in [2.05, 4.69) is 82.8 Å². The molecule has 0 bridgehead atoms. The van der Waals surface area contributed by atoms with Crippen molar-refractivity contribution in [2.24, 2.45) is 0 Å². The molecule has 3 rings (SSSR count). The third kappa shape index (κ3) is 5.02. The third-order valence-electron chi connectivity index (χ3n) is 7.67. The zero-order chi connectivity index (χ0) is 23.3. The van der Waals surface area contributed by atoms with E-state index in [-0.39, 0.29) is 5.41 Å². The number of hydrogen-bond donors (Lipinski definition) is 1. The van der Waals surface area contributed by atoms with Crippen LogP contribution in [-0.4, -0.2) is 6.54 Å². The first-order chi connectivity index (χ1) is 15.3. The summed E-state index contributed by atoms with van der Waals surface area (Å²) in [6, 6.07) is 13.2. The number of terminal acetylenes is 1. The van der Waals surface area contributed by atoms with Crippen molar-refractivity contribution in [1.29, 1.82) is 0 Å². The number of hydrogen-bond acceptors (Lipinski definition) is 1. The number of aryl methyl sites for hydroxylation is 1. The molecule has 0 radical (unpaired) electrons. The number of benzene rings is 2. The molecule has 1 aliphatic carbocycles. The summed E-state index contributed by atoms with van der Waals surface area (Å²) in [4.78, 5) is 0. The SMILES string of the molecule is C#Cc1ccc(C(C)(CC)CCNC(=C)c2cc(/C(C)=C/C)c(C3CCC3)cc2C)cc1. The smallest absolute Gasteiger partial charge is 0.0343 e. The van der Waals surface area contributed by atoms with Crippen molar-refractivity contribution in [2.45, 2.75) is 78.1 Å². The summed E-state index contributed by atoms with van der Waals surface area (Å²) in [6.45, 7) is 16.5. The fourth-order valence-electron chi connectivity index (χ4n) is 4.69. The quantitative estimate of drug-likeness (QED) is 0.401. The van der Waals surface area contributed by atoms with Gasteiger partial charge in [0.25, 0.3) is 0 Å². The molecule has 2 aromatic rings. The van der Waals surface area contributed by atoms with Gasteiger partial charge in [-0.05, 0) is 104 Å². The molecule has 0 heterocycles. The minimum atomic E-state index is 0.107.